The van der Waals surface area contributed by atoms with Crippen LogP contribution in [-0.2, 0) is 17.8 Å². The van der Waals surface area contributed by atoms with Gasteiger partial charge >= 0.3 is 0 Å². The third kappa shape index (κ3) is 8.37. The van der Waals surface area contributed by atoms with Gasteiger partial charge in [0, 0.05) is 24.2 Å². The molecule has 2 aromatic carbocycles. The molecule has 0 spiro atoms. The molecule has 4 nitrogen and oxygen atoms in total. The highest BCUT2D eigenvalue weighted by atomic mass is 35.5. The van der Waals surface area contributed by atoms with Crippen LogP contribution < -0.4 is 15.4 Å². The molecule has 142 valence electrons. The Hall–Kier alpha value is -2.04. The van der Waals surface area contributed by atoms with Gasteiger partial charge in [0.2, 0.25) is 0 Å². The van der Waals surface area contributed by atoms with Gasteiger partial charge in [-0.05, 0) is 38.8 Å². The van der Waals surface area contributed by atoms with E-state index in [1.54, 1.807) is 0 Å². The highest BCUT2D eigenvalue weighted by molar-refractivity contribution is 5.85. The normalized spacial score (nSPS) is 10.7. The predicted molar refractivity (Wildman–Crippen MR) is 109 cm³/mol. The average Bonchev–Trinajstić information content (AvgIpc) is 2.59. The Bertz CT molecular complexity index is 669. The number of halogens is 1. The molecule has 0 aromatic heterocycles. The molecule has 2 rings (SSSR count). The van der Waals surface area contributed by atoms with E-state index in [2.05, 4.69) is 43.5 Å². The maximum Gasteiger partial charge on any atom is 0.257 e. The van der Waals surface area contributed by atoms with Crippen molar-refractivity contribution in [1.29, 1.82) is 0 Å². The highest BCUT2D eigenvalue weighted by Crippen LogP contribution is 2.18. The first-order valence-corrected chi connectivity index (χ1v) is 8.70. The number of rotatable bonds is 8. The van der Waals surface area contributed by atoms with E-state index in [-0.39, 0.29) is 30.5 Å². The molecule has 1 amide bonds. The number of hydrogen-bond donors (Lipinski definition) is 2. The summed E-state index contributed by atoms with van der Waals surface area (Å²) in [6.07, 6.45) is 0.818. The molecule has 0 aliphatic heterocycles. The number of amides is 1. The van der Waals surface area contributed by atoms with Crippen molar-refractivity contribution in [3.05, 3.63) is 65.7 Å². The molecule has 0 saturated carbocycles. The maximum atomic E-state index is 12.0. The van der Waals surface area contributed by atoms with Crippen molar-refractivity contribution in [2.75, 3.05) is 13.2 Å². The van der Waals surface area contributed by atoms with Gasteiger partial charge in [0.25, 0.3) is 5.91 Å². The zero-order valence-corrected chi connectivity index (χ0v) is 16.6. The van der Waals surface area contributed by atoms with Crippen molar-refractivity contribution in [1.82, 2.24) is 10.6 Å². The van der Waals surface area contributed by atoms with E-state index in [9.17, 15) is 4.79 Å². The average molecular weight is 377 g/mol. The lowest BCUT2D eigenvalue weighted by atomic mass is 10.1. The third-order valence-corrected chi connectivity index (χ3v) is 3.72. The van der Waals surface area contributed by atoms with E-state index < -0.39 is 0 Å². The van der Waals surface area contributed by atoms with E-state index in [4.69, 9.17) is 4.74 Å². The van der Waals surface area contributed by atoms with Crippen molar-refractivity contribution < 1.29 is 9.53 Å². The molecule has 26 heavy (non-hydrogen) atoms. The van der Waals surface area contributed by atoms with Gasteiger partial charge in [-0.2, -0.15) is 0 Å². The molecular weight excluding hydrogens is 348 g/mol. The Morgan fingerprint density at radius 1 is 1.00 bits per heavy atom. The summed E-state index contributed by atoms with van der Waals surface area (Å²) >= 11 is 0. The Balaban J connectivity index is 0.00000338. The summed E-state index contributed by atoms with van der Waals surface area (Å²) in [7, 11) is 0. The van der Waals surface area contributed by atoms with Crippen LogP contribution in [0, 0.1) is 0 Å². The topological polar surface area (TPSA) is 50.4 Å². The third-order valence-electron chi connectivity index (χ3n) is 3.72. The molecule has 2 aromatic rings. The molecule has 0 aliphatic rings. The van der Waals surface area contributed by atoms with E-state index in [0.29, 0.717) is 13.1 Å². The first kappa shape index (κ1) is 22.0. The quantitative estimate of drug-likeness (QED) is 0.738. The van der Waals surface area contributed by atoms with Gasteiger partial charge in [-0.3, -0.25) is 4.79 Å². The Kier molecular flexibility index (Phi) is 9.17. The van der Waals surface area contributed by atoms with Gasteiger partial charge in [-0.25, -0.2) is 0 Å². The van der Waals surface area contributed by atoms with Crippen LogP contribution in [0.1, 0.15) is 31.9 Å². The van der Waals surface area contributed by atoms with Gasteiger partial charge < -0.3 is 15.4 Å². The number of para-hydroxylation sites is 1. The number of carbonyl (C=O) groups is 1. The summed E-state index contributed by atoms with van der Waals surface area (Å²) in [5, 5.41) is 6.34. The van der Waals surface area contributed by atoms with Crippen LogP contribution in [-0.4, -0.2) is 24.6 Å². The summed E-state index contributed by atoms with van der Waals surface area (Å²) in [5.41, 5.74) is 2.29. The van der Waals surface area contributed by atoms with Gasteiger partial charge in [-0.1, -0.05) is 48.5 Å². The lowest BCUT2D eigenvalue weighted by Crippen LogP contribution is -2.35. The molecule has 5 heteroatoms. The minimum absolute atomic E-state index is 0. The van der Waals surface area contributed by atoms with Gasteiger partial charge in [0.1, 0.15) is 5.75 Å². The summed E-state index contributed by atoms with van der Waals surface area (Å²) in [5.74, 6) is 0.645. The van der Waals surface area contributed by atoms with Gasteiger partial charge in [0.05, 0.1) is 0 Å². The largest absolute Gasteiger partial charge is 0.483 e. The number of nitrogens with one attached hydrogen (secondary N) is 2. The Labute approximate surface area is 162 Å². The number of benzene rings is 2. The fourth-order valence-electron chi connectivity index (χ4n) is 2.34. The van der Waals surface area contributed by atoms with E-state index in [1.165, 1.54) is 5.56 Å². The number of hydrogen-bond acceptors (Lipinski definition) is 3. The fraction of sp³-hybridized carbons (Fsp3) is 0.381. The van der Waals surface area contributed by atoms with Crippen molar-refractivity contribution in [3.63, 3.8) is 0 Å². The molecule has 0 radical (unpaired) electrons. The molecule has 0 heterocycles. The smallest absolute Gasteiger partial charge is 0.257 e. The lowest BCUT2D eigenvalue weighted by Gasteiger charge is -2.21. The Morgan fingerprint density at radius 3 is 2.35 bits per heavy atom. The minimum Gasteiger partial charge on any atom is -0.483 e. The van der Waals surface area contributed by atoms with Crippen LogP contribution in [0.2, 0.25) is 0 Å². The van der Waals surface area contributed by atoms with Crippen molar-refractivity contribution in [3.8, 4) is 5.75 Å². The van der Waals surface area contributed by atoms with Crippen LogP contribution in [0.25, 0.3) is 0 Å². The van der Waals surface area contributed by atoms with Gasteiger partial charge in [-0.15, -0.1) is 12.4 Å². The molecule has 2 N–H and O–H groups in total. The first-order valence-electron chi connectivity index (χ1n) is 8.70. The predicted octanol–water partition coefficient (Wildman–Crippen LogP) is 3.73. The maximum absolute atomic E-state index is 12.0. The molecule has 0 fully saturated rings. The minimum atomic E-state index is -0.102. The summed E-state index contributed by atoms with van der Waals surface area (Å²) in [6, 6.07) is 17.9. The fourth-order valence-corrected chi connectivity index (χ4v) is 2.34. The van der Waals surface area contributed by atoms with E-state index >= 15 is 0 Å². The highest BCUT2D eigenvalue weighted by Gasteiger charge is 2.11. The van der Waals surface area contributed by atoms with Crippen LogP contribution in [0.4, 0.5) is 0 Å². The zero-order valence-electron chi connectivity index (χ0n) is 15.7. The second kappa shape index (κ2) is 10.8. The molecule has 0 saturated heterocycles. The van der Waals surface area contributed by atoms with E-state index in [0.717, 1.165) is 17.7 Å². The van der Waals surface area contributed by atoms with Crippen LogP contribution >= 0.6 is 12.4 Å². The summed E-state index contributed by atoms with van der Waals surface area (Å²) in [6.45, 7) is 7.71. The van der Waals surface area contributed by atoms with Crippen molar-refractivity contribution in [2.45, 2.75) is 39.3 Å². The van der Waals surface area contributed by atoms with Crippen LogP contribution in [0.5, 0.6) is 5.75 Å². The molecule has 0 unspecified atom stereocenters. The molecule has 0 bridgehead atoms. The van der Waals surface area contributed by atoms with Crippen LogP contribution in [0.3, 0.4) is 0 Å². The zero-order chi connectivity index (χ0) is 18.1. The Morgan fingerprint density at radius 2 is 1.65 bits per heavy atom. The lowest BCUT2D eigenvalue weighted by molar-refractivity contribution is -0.123. The summed E-state index contributed by atoms with van der Waals surface area (Å²) in [4.78, 5) is 12.0. The van der Waals surface area contributed by atoms with Crippen molar-refractivity contribution >= 4 is 18.3 Å². The second-order valence-corrected chi connectivity index (χ2v) is 7.09. The van der Waals surface area contributed by atoms with Crippen LogP contribution in [0.15, 0.2) is 54.6 Å². The van der Waals surface area contributed by atoms with Crippen molar-refractivity contribution in [2.24, 2.45) is 0 Å². The van der Waals surface area contributed by atoms with Gasteiger partial charge in [0.15, 0.2) is 6.61 Å². The second-order valence-electron chi connectivity index (χ2n) is 7.09. The SMILES string of the molecule is CC(C)(C)NCc1ccccc1OCC(=O)NCCc1ccccc1.Cl. The number of ether oxygens (including phenoxy) is 1. The molecule has 0 atom stereocenters. The standard InChI is InChI=1S/C21H28N2O2.ClH/c1-21(2,3)23-15-18-11-7-8-12-19(18)25-16-20(24)22-14-13-17-9-5-4-6-10-17;/h4-12,23H,13-16H2,1-3H3,(H,22,24);1H. The molecule has 0 aliphatic carbocycles. The first-order chi connectivity index (χ1) is 11.9. The van der Waals surface area contributed by atoms with E-state index in [1.807, 2.05) is 42.5 Å². The summed E-state index contributed by atoms with van der Waals surface area (Å²) < 4.78 is 5.71. The molecular formula is C21H29ClN2O2. The monoisotopic (exact) mass is 376 g/mol. The number of carbonyl (C=O) groups excluding carboxylic acids is 1.